The smallest absolute Gasteiger partial charge is 0.407 e. The molecule has 1 aromatic heterocycles. The van der Waals surface area contributed by atoms with Crippen molar-refractivity contribution in [2.45, 2.75) is 45.3 Å². The van der Waals surface area contributed by atoms with Gasteiger partial charge in [0, 0.05) is 26.2 Å². The van der Waals surface area contributed by atoms with Gasteiger partial charge in [0.1, 0.15) is 11.4 Å². The molecule has 1 saturated heterocycles. The van der Waals surface area contributed by atoms with Crippen LogP contribution in [-0.4, -0.2) is 42.9 Å². The van der Waals surface area contributed by atoms with Crippen molar-refractivity contribution in [2.75, 3.05) is 30.4 Å². The maximum atomic E-state index is 11.8. The van der Waals surface area contributed by atoms with Gasteiger partial charge in [0.15, 0.2) is 0 Å². The lowest BCUT2D eigenvalue weighted by atomic mass is 10.0. The summed E-state index contributed by atoms with van der Waals surface area (Å²) >= 11 is 0. The number of carbonyl (C=O) groups excluding carboxylic acids is 1. The molecule has 6 heteroatoms. The van der Waals surface area contributed by atoms with Gasteiger partial charge in [-0.2, -0.15) is 0 Å². The molecular formula is C16H26N4O2. The second-order valence-corrected chi connectivity index (χ2v) is 6.56. The number of hydrogen-bond donors (Lipinski definition) is 2. The van der Waals surface area contributed by atoms with E-state index in [0.29, 0.717) is 0 Å². The third-order valence-electron chi connectivity index (χ3n) is 3.58. The number of hydrogen-bond acceptors (Lipinski definition) is 5. The molecule has 1 fully saturated rings. The summed E-state index contributed by atoms with van der Waals surface area (Å²) in [6.45, 7) is 7.42. The van der Waals surface area contributed by atoms with Gasteiger partial charge in [0.05, 0.1) is 11.9 Å². The van der Waals surface area contributed by atoms with Gasteiger partial charge in [-0.05, 0) is 45.7 Å². The molecule has 0 radical (unpaired) electrons. The minimum atomic E-state index is -0.453. The van der Waals surface area contributed by atoms with Crippen LogP contribution in [-0.2, 0) is 4.74 Å². The Bertz CT molecular complexity index is 488. The zero-order valence-corrected chi connectivity index (χ0v) is 13.8. The van der Waals surface area contributed by atoms with Gasteiger partial charge in [0.2, 0.25) is 0 Å². The zero-order valence-electron chi connectivity index (χ0n) is 13.8. The lowest BCUT2D eigenvalue weighted by molar-refractivity contribution is 0.0497. The molecule has 1 aliphatic heterocycles. The standard InChI is InChI=1S/C16H26N4O2/c1-16(2,3)22-15(21)19-12-7-9-20(10-8-12)13-5-6-14(17-4)18-11-13/h5-6,11-12H,7-10H2,1-4H3,(H,17,18)(H,19,21). The van der Waals surface area contributed by atoms with Gasteiger partial charge in [-0.1, -0.05) is 0 Å². The van der Waals surface area contributed by atoms with Crippen LogP contribution >= 0.6 is 0 Å². The van der Waals surface area contributed by atoms with E-state index in [2.05, 4.69) is 26.6 Å². The minimum Gasteiger partial charge on any atom is -0.444 e. The summed E-state index contributed by atoms with van der Waals surface area (Å²) in [5, 5.41) is 5.97. The predicted octanol–water partition coefficient (Wildman–Crippen LogP) is 2.62. The van der Waals surface area contributed by atoms with Crippen LogP contribution in [0.3, 0.4) is 0 Å². The first-order chi connectivity index (χ1) is 10.4. The first-order valence-electron chi connectivity index (χ1n) is 7.75. The fourth-order valence-corrected chi connectivity index (χ4v) is 2.48. The van der Waals surface area contributed by atoms with E-state index in [1.54, 1.807) is 0 Å². The Morgan fingerprint density at radius 3 is 2.50 bits per heavy atom. The number of piperidine rings is 1. The highest BCUT2D eigenvalue weighted by molar-refractivity contribution is 5.68. The van der Waals surface area contributed by atoms with Crippen LogP contribution in [0.4, 0.5) is 16.3 Å². The van der Waals surface area contributed by atoms with Gasteiger partial charge >= 0.3 is 6.09 Å². The highest BCUT2D eigenvalue weighted by atomic mass is 16.6. The Balaban J connectivity index is 1.81. The summed E-state index contributed by atoms with van der Waals surface area (Å²) in [4.78, 5) is 18.4. The van der Waals surface area contributed by atoms with Gasteiger partial charge < -0.3 is 20.3 Å². The third-order valence-corrected chi connectivity index (χ3v) is 3.58. The van der Waals surface area contributed by atoms with Gasteiger partial charge in [0.25, 0.3) is 0 Å². The van der Waals surface area contributed by atoms with E-state index < -0.39 is 5.60 Å². The van der Waals surface area contributed by atoms with E-state index in [-0.39, 0.29) is 12.1 Å². The number of alkyl carbamates (subject to hydrolysis) is 1. The summed E-state index contributed by atoms with van der Waals surface area (Å²) < 4.78 is 5.30. The zero-order chi connectivity index (χ0) is 16.2. The maximum Gasteiger partial charge on any atom is 0.407 e. The molecule has 6 nitrogen and oxygen atoms in total. The molecule has 0 saturated carbocycles. The molecule has 0 aliphatic carbocycles. The van der Waals surface area contributed by atoms with E-state index in [4.69, 9.17) is 4.74 Å². The quantitative estimate of drug-likeness (QED) is 0.898. The van der Waals surface area contributed by atoms with Crippen LogP contribution in [0.25, 0.3) is 0 Å². The summed E-state index contributed by atoms with van der Waals surface area (Å²) in [6.07, 6.45) is 3.37. The summed E-state index contributed by atoms with van der Waals surface area (Å²) in [5.41, 5.74) is 0.667. The molecule has 0 unspecified atom stereocenters. The molecule has 2 N–H and O–H groups in total. The summed E-state index contributed by atoms with van der Waals surface area (Å²) in [7, 11) is 1.86. The van der Waals surface area contributed by atoms with E-state index in [9.17, 15) is 4.79 Å². The molecule has 0 spiro atoms. The van der Waals surface area contributed by atoms with Crippen molar-refractivity contribution >= 4 is 17.6 Å². The van der Waals surface area contributed by atoms with Crippen molar-refractivity contribution in [1.82, 2.24) is 10.3 Å². The number of rotatable bonds is 3. The van der Waals surface area contributed by atoms with Crippen LogP contribution < -0.4 is 15.5 Å². The van der Waals surface area contributed by atoms with Gasteiger partial charge in [-0.15, -0.1) is 0 Å². The Kier molecular flexibility index (Phi) is 5.11. The molecule has 2 heterocycles. The molecule has 22 heavy (non-hydrogen) atoms. The van der Waals surface area contributed by atoms with Crippen molar-refractivity contribution in [3.8, 4) is 0 Å². The minimum absolute atomic E-state index is 0.177. The average molecular weight is 306 g/mol. The van der Waals surface area contributed by atoms with Crippen LogP contribution in [0, 0.1) is 0 Å². The number of carbonyl (C=O) groups is 1. The number of aromatic nitrogens is 1. The van der Waals surface area contributed by atoms with Crippen molar-refractivity contribution < 1.29 is 9.53 Å². The van der Waals surface area contributed by atoms with Gasteiger partial charge in [-0.3, -0.25) is 0 Å². The number of anilines is 2. The molecular weight excluding hydrogens is 280 g/mol. The Morgan fingerprint density at radius 2 is 2.00 bits per heavy atom. The molecule has 2 rings (SSSR count). The second kappa shape index (κ2) is 6.85. The average Bonchev–Trinajstić information content (AvgIpc) is 2.46. The second-order valence-electron chi connectivity index (χ2n) is 6.56. The lowest BCUT2D eigenvalue weighted by Crippen LogP contribution is -2.46. The lowest BCUT2D eigenvalue weighted by Gasteiger charge is -2.34. The van der Waals surface area contributed by atoms with Crippen molar-refractivity contribution in [3.05, 3.63) is 18.3 Å². The molecule has 0 bridgehead atoms. The fraction of sp³-hybridized carbons (Fsp3) is 0.625. The molecule has 0 aromatic carbocycles. The van der Waals surface area contributed by atoms with Crippen molar-refractivity contribution in [2.24, 2.45) is 0 Å². The number of nitrogens with zero attached hydrogens (tertiary/aromatic N) is 2. The maximum absolute atomic E-state index is 11.8. The summed E-state index contributed by atoms with van der Waals surface area (Å²) in [6, 6.07) is 4.22. The third kappa shape index (κ3) is 4.79. The molecule has 1 aromatic rings. The van der Waals surface area contributed by atoms with E-state index in [1.807, 2.05) is 40.1 Å². The molecule has 122 valence electrons. The SMILES string of the molecule is CNc1ccc(N2CCC(NC(=O)OC(C)(C)C)CC2)cn1. The van der Waals surface area contributed by atoms with E-state index in [0.717, 1.165) is 37.4 Å². The summed E-state index contributed by atoms with van der Waals surface area (Å²) in [5.74, 6) is 0.866. The van der Waals surface area contributed by atoms with Crippen molar-refractivity contribution in [3.63, 3.8) is 0 Å². The number of pyridine rings is 1. The molecule has 0 atom stereocenters. The van der Waals surface area contributed by atoms with E-state index >= 15 is 0 Å². The fourth-order valence-electron chi connectivity index (χ4n) is 2.48. The van der Waals surface area contributed by atoms with Crippen LogP contribution in [0.5, 0.6) is 0 Å². The number of ether oxygens (including phenoxy) is 1. The monoisotopic (exact) mass is 306 g/mol. The number of amides is 1. The first kappa shape index (κ1) is 16.4. The van der Waals surface area contributed by atoms with Crippen LogP contribution in [0.15, 0.2) is 18.3 Å². The van der Waals surface area contributed by atoms with Crippen LogP contribution in [0.1, 0.15) is 33.6 Å². The Morgan fingerprint density at radius 1 is 1.32 bits per heavy atom. The predicted molar refractivity (Wildman–Crippen MR) is 88.4 cm³/mol. The largest absolute Gasteiger partial charge is 0.444 e. The van der Waals surface area contributed by atoms with Gasteiger partial charge in [-0.25, -0.2) is 9.78 Å². The topological polar surface area (TPSA) is 66.5 Å². The Labute approximate surface area is 132 Å². The Hall–Kier alpha value is -1.98. The first-order valence-corrected chi connectivity index (χ1v) is 7.75. The highest BCUT2D eigenvalue weighted by Gasteiger charge is 2.23. The number of nitrogens with one attached hydrogen (secondary N) is 2. The van der Waals surface area contributed by atoms with E-state index in [1.165, 1.54) is 0 Å². The molecule has 1 aliphatic rings. The normalized spacial score (nSPS) is 16.3. The van der Waals surface area contributed by atoms with Crippen LogP contribution in [0.2, 0.25) is 0 Å². The highest BCUT2D eigenvalue weighted by Crippen LogP contribution is 2.20. The molecule has 1 amide bonds. The van der Waals surface area contributed by atoms with Crippen molar-refractivity contribution in [1.29, 1.82) is 0 Å².